The normalized spacial score (nSPS) is 16.4. The summed E-state index contributed by atoms with van der Waals surface area (Å²) in [6.45, 7) is 3.98. The molecule has 1 heterocycles. The average molecular weight is 502 g/mol. The van der Waals surface area contributed by atoms with Crippen molar-refractivity contribution in [1.82, 2.24) is 4.31 Å². The summed E-state index contributed by atoms with van der Waals surface area (Å²) >= 11 is 5.98. The van der Waals surface area contributed by atoms with Gasteiger partial charge in [-0.05, 0) is 42.5 Å². The van der Waals surface area contributed by atoms with E-state index in [0.29, 0.717) is 23.8 Å². The molecule has 174 valence electrons. The van der Waals surface area contributed by atoms with Crippen LogP contribution in [0.2, 0.25) is 5.02 Å². The van der Waals surface area contributed by atoms with E-state index in [1.54, 1.807) is 13.8 Å². The van der Waals surface area contributed by atoms with Crippen LogP contribution in [-0.4, -0.2) is 59.0 Å². The lowest BCUT2D eigenvalue weighted by atomic mass is 10.2. The Morgan fingerprint density at radius 1 is 1.12 bits per heavy atom. The fourth-order valence-corrected chi connectivity index (χ4v) is 5.85. The van der Waals surface area contributed by atoms with E-state index in [9.17, 15) is 21.6 Å². The third-order valence-corrected chi connectivity index (χ3v) is 8.39. The fourth-order valence-electron chi connectivity index (χ4n) is 3.32. The Hall–Kier alpha value is -2.34. The molecule has 0 spiro atoms. The van der Waals surface area contributed by atoms with E-state index < -0.39 is 32.1 Å². The Kier molecular flexibility index (Phi) is 7.03. The largest absolute Gasteiger partial charge is 0.476 e. The number of ether oxygens (including phenoxy) is 1. The van der Waals surface area contributed by atoms with Gasteiger partial charge >= 0.3 is 0 Å². The van der Waals surface area contributed by atoms with Gasteiger partial charge in [-0.3, -0.25) is 9.10 Å². The maximum atomic E-state index is 12.8. The minimum absolute atomic E-state index is 0.113. The van der Waals surface area contributed by atoms with Gasteiger partial charge in [0, 0.05) is 23.8 Å². The third-order valence-electron chi connectivity index (χ3n) is 4.95. The molecule has 1 amide bonds. The third kappa shape index (κ3) is 5.01. The second kappa shape index (κ2) is 9.26. The molecular formula is C20H24ClN3O6S2. The van der Waals surface area contributed by atoms with Crippen LogP contribution in [0.3, 0.4) is 0 Å². The second-order valence-corrected chi connectivity index (χ2v) is 11.4. The smallest absolute Gasteiger partial charge is 0.267 e. The molecule has 1 aliphatic heterocycles. The van der Waals surface area contributed by atoms with E-state index in [0.717, 1.165) is 10.6 Å². The fraction of sp³-hybridized carbons (Fsp3) is 0.350. The Morgan fingerprint density at radius 2 is 1.75 bits per heavy atom. The van der Waals surface area contributed by atoms with Crippen molar-refractivity contribution in [3.05, 3.63) is 47.5 Å². The van der Waals surface area contributed by atoms with Gasteiger partial charge in [0.05, 0.1) is 23.4 Å². The van der Waals surface area contributed by atoms with Crippen LogP contribution in [0.25, 0.3) is 0 Å². The van der Waals surface area contributed by atoms with Crippen LogP contribution in [0.4, 0.5) is 11.4 Å². The standard InChI is InChI=1S/C20H24ClN3O6S2/c1-4-23(5-2)32(28,29)16-9-7-15(8-10-16)22-20(25)19-13-24(31(3,26)27)17-12-14(21)6-11-18(17)30-19/h6-12,19H,4-5,13H2,1-3H3,(H,22,25)/t19-/m0/s1. The maximum absolute atomic E-state index is 12.8. The summed E-state index contributed by atoms with van der Waals surface area (Å²) in [7, 11) is -7.30. The zero-order valence-electron chi connectivity index (χ0n) is 17.8. The molecule has 2 aromatic rings. The van der Waals surface area contributed by atoms with Crippen molar-refractivity contribution in [2.45, 2.75) is 24.8 Å². The van der Waals surface area contributed by atoms with E-state index in [2.05, 4.69) is 5.32 Å². The zero-order chi connectivity index (χ0) is 23.7. The molecule has 0 bridgehead atoms. The monoisotopic (exact) mass is 501 g/mol. The molecular weight excluding hydrogens is 478 g/mol. The summed E-state index contributed by atoms with van der Waals surface area (Å²) in [5.74, 6) is -0.356. The first-order chi connectivity index (χ1) is 15.0. The SMILES string of the molecule is CCN(CC)S(=O)(=O)c1ccc(NC(=O)[C@@H]2CN(S(C)(=O)=O)c3cc(Cl)ccc3O2)cc1. The predicted octanol–water partition coefficient (Wildman–Crippen LogP) is 2.54. The number of anilines is 2. The van der Waals surface area contributed by atoms with E-state index >= 15 is 0 Å². The van der Waals surface area contributed by atoms with E-state index in [-0.39, 0.29) is 22.9 Å². The van der Waals surface area contributed by atoms with E-state index in [1.165, 1.54) is 46.8 Å². The van der Waals surface area contributed by atoms with E-state index in [1.807, 2.05) is 0 Å². The van der Waals surface area contributed by atoms with Gasteiger partial charge in [0.15, 0.2) is 6.10 Å². The van der Waals surface area contributed by atoms with Crippen molar-refractivity contribution >= 4 is 48.9 Å². The van der Waals surface area contributed by atoms with Gasteiger partial charge in [-0.1, -0.05) is 25.4 Å². The molecule has 0 saturated heterocycles. The summed E-state index contributed by atoms with van der Waals surface area (Å²) in [4.78, 5) is 12.9. The lowest BCUT2D eigenvalue weighted by Gasteiger charge is -2.34. The Balaban J connectivity index is 1.80. The van der Waals surface area contributed by atoms with Crippen LogP contribution in [-0.2, 0) is 24.8 Å². The van der Waals surface area contributed by atoms with Crippen LogP contribution >= 0.6 is 11.6 Å². The lowest BCUT2D eigenvalue weighted by molar-refractivity contribution is -0.122. The highest BCUT2D eigenvalue weighted by Gasteiger charge is 2.35. The van der Waals surface area contributed by atoms with Gasteiger partial charge in [-0.2, -0.15) is 4.31 Å². The summed E-state index contributed by atoms with van der Waals surface area (Å²) in [5, 5.41) is 2.98. The summed E-state index contributed by atoms with van der Waals surface area (Å²) in [6.07, 6.45) is -0.0787. The molecule has 2 aromatic carbocycles. The number of halogens is 1. The number of nitrogens with zero attached hydrogens (tertiary/aromatic N) is 2. The van der Waals surface area contributed by atoms with Gasteiger partial charge in [-0.15, -0.1) is 0 Å². The molecule has 3 rings (SSSR count). The molecule has 0 aliphatic carbocycles. The molecule has 0 fully saturated rings. The van der Waals surface area contributed by atoms with Crippen molar-refractivity contribution in [2.24, 2.45) is 0 Å². The Morgan fingerprint density at radius 3 is 2.31 bits per heavy atom. The molecule has 0 radical (unpaired) electrons. The Labute approximate surface area is 193 Å². The van der Waals surface area contributed by atoms with Crippen molar-refractivity contribution in [1.29, 1.82) is 0 Å². The van der Waals surface area contributed by atoms with Gasteiger partial charge in [0.1, 0.15) is 5.75 Å². The van der Waals surface area contributed by atoms with Crippen LogP contribution in [0, 0.1) is 0 Å². The summed E-state index contributed by atoms with van der Waals surface area (Å²) in [6, 6.07) is 10.3. The molecule has 1 N–H and O–H groups in total. The van der Waals surface area contributed by atoms with Crippen molar-refractivity contribution in [2.75, 3.05) is 35.5 Å². The maximum Gasteiger partial charge on any atom is 0.267 e. The van der Waals surface area contributed by atoms with Crippen molar-refractivity contribution in [3.63, 3.8) is 0 Å². The quantitative estimate of drug-likeness (QED) is 0.623. The van der Waals surface area contributed by atoms with Crippen LogP contribution in [0.15, 0.2) is 47.4 Å². The minimum atomic E-state index is -3.69. The number of hydrogen-bond acceptors (Lipinski definition) is 6. The first-order valence-electron chi connectivity index (χ1n) is 9.82. The number of carbonyl (C=O) groups excluding carboxylic acids is 1. The number of sulfonamides is 2. The molecule has 0 saturated carbocycles. The van der Waals surface area contributed by atoms with Crippen LogP contribution in [0.1, 0.15) is 13.8 Å². The highest BCUT2D eigenvalue weighted by Crippen LogP contribution is 2.37. The van der Waals surface area contributed by atoms with Gasteiger partial charge < -0.3 is 10.1 Å². The number of rotatable bonds is 7. The van der Waals surface area contributed by atoms with Crippen LogP contribution in [0.5, 0.6) is 5.75 Å². The molecule has 12 heteroatoms. The first-order valence-corrected chi connectivity index (χ1v) is 13.5. The minimum Gasteiger partial charge on any atom is -0.476 e. The number of nitrogens with one attached hydrogen (secondary N) is 1. The van der Waals surface area contributed by atoms with Gasteiger partial charge in [0.25, 0.3) is 5.91 Å². The zero-order valence-corrected chi connectivity index (χ0v) is 20.2. The topological polar surface area (TPSA) is 113 Å². The van der Waals surface area contributed by atoms with Crippen molar-refractivity contribution < 1.29 is 26.4 Å². The molecule has 0 unspecified atom stereocenters. The van der Waals surface area contributed by atoms with Crippen LogP contribution < -0.4 is 14.4 Å². The predicted molar refractivity (Wildman–Crippen MR) is 123 cm³/mol. The highest BCUT2D eigenvalue weighted by molar-refractivity contribution is 7.92. The van der Waals surface area contributed by atoms with Gasteiger partial charge in [0.2, 0.25) is 20.0 Å². The highest BCUT2D eigenvalue weighted by atomic mass is 35.5. The number of carbonyl (C=O) groups is 1. The molecule has 1 atom stereocenters. The molecule has 9 nitrogen and oxygen atoms in total. The van der Waals surface area contributed by atoms with Gasteiger partial charge in [-0.25, -0.2) is 16.8 Å². The lowest BCUT2D eigenvalue weighted by Crippen LogP contribution is -2.48. The van der Waals surface area contributed by atoms with E-state index in [4.69, 9.17) is 16.3 Å². The molecule has 32 heavy (non-hydrogen) atoms. The summed E-state index contributed by atoms with van der Waals surface area (Å²) in [5.41, 5.74) is 0.611. The second-order valence-electron chi connectivity index (χ2n) is 7.12. The Bertz CT molecular complexity index is 1210. The molecule has 1 aliphatic rings. The number of amides is 1. The summed E-state index contributed by atoms with van der Waals surface area (Å²) < 4.78 is 57.8. The number of fused-ring (bicyclic) bond motifs is 1. The number of benzene rings is 2. The first kappa shape index (κ1) is 24.3. The van der Waals surface area contributed by atoms with Crippen molar-refractivity contribution in [3.8, 4) is 5.75 Å². The average Bonchev–Trinajstić information content (AvgIpc) is 2.73. The number of hydrogen-bond donors (Lipinski definition) is 1. The molecule has 0 aromatic heterocycles.